The Morgan fingerprint density at radius 1 is 1.23 bits per heavy atom. The highest BCUT2D eigenvalue weighted by Gasteiger charge is 2.12. The van der Waals surface area contributed by atoms with Crippen LogP contribution in [0.25, 0.3) is 0 Å². The van der Waals surface area contributed by atoms with Gasteiger partial charge in [-0.15, -0.1) is 0 Å². The Hall–Kier alpha value is -1.91. The predicted octanol–water partition coefficient (Wildman–Crippen LogP) is 3.58. The maximum atomic E-state index is 12.2. The van der Waals surface area contributed by atoms with Crippen molar-refractivity contribution >= 4 is 23.2 Å². The summed E-state index contributed by atoms with van der Waals surface area (Å²) >= 11 is 5.73. The van der Waals surface area contributed by atoms with Crippen molar-refractivity contribution in [1.29, 1.82) is 0 Å². The number of likely N-dealkylation sites (tertiary alicyclic amines) is 1. The monoisotopic (exact) mass is 315 g/mol. The van der Waals surface area contributed by atoms with Crippen molar-refractivity contribution in [2.24, 2.45) is 0 Å². The maximum absolute atomic E-state index is 12.2. The number of halogens is 1. The van der Waals surface area contributed by atoms with Crippen molar-refractivity contribution in [2.45, 2.75) is 19.4 Å². The summed E-state index contributed by atoms with van der Waals surface area (Å²) in [5, 5.41) is 3.28. The first kappa shape index (κ1) is 15.0. The quantitative estimate of drug-likeness (QED) is 0.877. The molecule has 2 heterocycles. The molecule has 4 nitrogen and oxygen atoms in total. The smallest absolute Gasteiger partial charge is 0.257 e. The average molecular weight is 316 g/mol. The van der Waals surface area contributed by atoms with Crippen molar-refractivity contribution in [1.82, 2.24) is 9.88 Å². The summed E-state index contributed by atoms with van der Waals surface area (Å²) < 4.78 is 0. The molecule has 1 saturated heterocycles. The minimum Gasteiger partial charge on any atom is -0.322 e. The van der Waals surface area contributed by atoms with Crippen molar-refractivity contribution in [2.75, 3.05) is 18.4 Å². The van der Waals surface area contributed by atoms with E-state index in [1.54, 1.807) is 12.1 Å². The zero-order valence-electron chi connectivity index (χ0n) is 12.3. The van der Waals surface area contributed by atoms with Crippen LogP contribution in [-0.2, 0) is 6.54 Å². The summed E-state index contributed by atoms with van der Waals surface area (Å²) in [7, 11) is 0. The summed E-state index contributed by atoms with van der Waals surface area (Å²) in [6.07, 6.45) is 4.03. The number of aromatic nitrogens is 1. The van der Waals surface area contributed by atoms with Crippen LogP contribution in [0.2, 0.25) is 5.15 Å². The molecule has 0 aliphatic carbocycles. The molecule has 1 aromatic carbocycles. The molecule has 5 heteroatoms. The van der Waals surface area contributed by atoms with Gasteiger partial charge in [0.15, 0.2) is 0 Å². The zero-order chi connectivity index (χ0) is 15.4. The molecule has 2 aromatic rings. The Morgan fingerprint density at radius 3 is 2.77 bits per heavy atom. The highest BCUT2D eigenvalue weighted by atomic mass is 35.5. The van der Waals surface area contributed by atoms with E-state index < -0.39 is 0 Å². The molecule has 1 aliphatic rings. The second-order valence-corrected chi connectivity index (χ2v) is 5.89. The highest BCUT2D eigenvalue weighted by molar-refractivity contribution is 6.29. The Kier molecular flexibility index (Phi) is 4.71. The minimum absolute atomic E-state index is 0.178. The third kappa shape index (κ3) is 3.84. The first-order chi connectivity index (χ1) is 10.7. The average Bonchev–Trinajstić information content (AvgIpc) is 3.01. The molecule has 0 saturated carbocycles. The number of pyridine rings is 1. The fraction of sp³-hybridized carbons (Fsp3) is 0.294. The summed E-state index contributed by atoms with van der Waals surface area (Å²) in [6.45, 7) is 3.26. The van der Waals surface area contributed by atoms with Crippen LogP contribution in [0.1, 0.15) is 28.8 Å². The lowest BCUT2D eigenvalue weighted by Gasteiger charge is -2.15. The number of anilines is 1. The summed E-state index contributed by atoms with van der Waals surface area (Å²) in [4.78, 5) is 18.5. The van der Waals surface area contributed by atoms with Gasteiger partial charge in [-0.2, -0.15) is 0 Å². The number of nitrogens with one attached hydrogen (secondary N) is 1. The van der Waals surface area contributed by atoms with Gasteiger partial charge in [-0.25, -0.2) is 4.98 Å². The molecular formula is C17H18ClN3O. The Labute approximate surface area is 135 Å². The Balaban J connectivity index is 1.66. The van der Waals surface area contributed by atoms with Gasteiger partial charge in [-0.1, -0.05) is 23.7 Å². The minimum atomic E-state index is -0.178. The lowest BCUT2D eigenvalue weighted by Crippen LogP contribution is -2.18. The van der Waals surface area contributed by atoms with Crippen LogP contribution < -0.4 is 5.32 Å². The van der Waals surface area contributed by atoms with E-state index in [1.807, 2.05) is 18.2 Å². The molecule has 0 bridgehead atoms. The third-order valence-corrected chi connectivity index (χ3v) is 4.00. The van der Waals surface area contributed by atoms with E-state index in [4.69, 9.17) is 11.6 Å². The van der Waals surface area contributed by atoms with Crippen molar-refractivity contribution in [3.63, 3.8) is 0 Å². The van der Waals surface area contributed by atoms with Gasteiger partial charge in [-0.3, -0.25) is 9.69 Å². The van der Waals surface area contributed by atoms with Crippen LogP contribution in [0.15, 0.2) is 42.6 Å². The van der Waals surface area contributed by atoms with Gasteiger partial charge in [0, 0.05) is 18.4 Å². The van der Waals surface area contributed by atoms with Crippen molar-refractivity contribution in [3.05, 3.63) is 58.9 Å². The largest absolute Gasteiger partial charge is 0.322 e. The summed E-state index contributed by atoms with van der Waals surface area (Å²) in [5.41, 5.74) is 2.51. The van der Waals surface area contributed by atoms with E-state index in [1.165, 1.54) is 24.6 Å². The van der Waals surface area contributed by atoms with Crippen LogP contribution in [-0.4, -0.2) is 28.9 Å². The molecule has 0 spiro atoms. The highest BCUT2D eigenvalue weighted by Crippen LogP contribution is 2.17. The number of hydrogen-bond acceptors (Lipinski definition) is 3. The van der Waals surface area contributed by atoms with Gasteiger partial charge in [-0.05, 0) is 55.8 Å². The van der Waals surface area contributed by atoms with Crippen LogP contribution >= 0.6 is 11.6 Å². The molecule has 1 fully saturated rings. The van der Waals surface area contributed by atoms with E-state index >= 15 is 0 Å². The second-order valence-electron chi connectivity index (χ2n) is 5.51. The SMILES string of the molecule is O=C(Nc1cccc(CN2CCCC2)c1)c1ccc(Cl)nc1. The molecule has 0 atom stereocenters. The van der Waals surface area contributed by atoms with E-state index in [-0.39, 0.29) is 5.91 Å². The number of carbonyl (C=O) groups is 1. The van der Waals surface area contributed by atoms with Crippen LogP contribution in [0.5, 0.6) is 0 Å². The van der Waals surface area contributed by atoms with E-state index in [0.29, 0.717) is 10.7 Å². The van der Waals surface area contributed by atoms with Gasteiger partial charge in [0.2, 0.25) is 0 Å². The van der Waals surface area contributed by atoms with Gasteiger partial charge in [0.25, 0.3) is 5.91 Å². The van der Waals surface area contributed by atoms with Crippen molar-refractivity contribution in [3.8, 4) is 0 Å². The second kappa shape index (κ2) is 6.90. The normalized spacial score (nSPS) is 15.0. The number of rotatable bonds is 4. The van der Waals surface area contributed by atoms with Crippen LogP contribution in [0, 0.1) is 0 Å². The lowest BCUT2D eigenvalue weighted by molar-refractivity contribution is 0.102. The third-order valence-electron chi connectivity index (χ3n) is 3.78. The molecule has 0 unspecified atom stereocenters. The number of nitrogens with zero attached hydrogens (tertiary/aromatic N) is 2. The number of hydrogen-bond donors (Lipinski definition) is 1. The number of benzene rings is 1. The van der Waals surface area contributed by atoms with Gasteiger partial charge in [0.05, 0.1) is 5.56 Å². The number of amides is 1. The Bertz CT molecular complexity index is 651. The molecule has 1 aliphatic heterocycles. The molecule has 1 N–H and O–H groups in total. The van der Waals surface area contributed by atoms with Gasteiger partial charge >= 0.3 is 0 Å². The van der Waals surface area contributed by atoms with Gasteiger partial charge in [0.1, 0.15) is 5.15 Å². The van der Waals surface area contributed by atoms with Crippen LogP contribution in [0.4, 0.5) is 5.69 Å². The molecular weight excluding hydrogens is 298 g/mol. The summed E-state index contributed by atoms with van der Waals surface area (Å²) in [6, 6.07) is 11.3. The maximum Gasteiger partial charge on any atom is 0.257 e. The van der Waals surface area contributed by atoms with E-state index in [9.17, 15) is 4.79 Å². The molecule has 0 radical (unpaired) electrons. The topological polar surface area (TPSA) is 45.2 Å². The molecule has 114 valence electrons. The van der Waals surface area contributed by atoms with Gasteiger partial charge < -0.3 is 5.32 Å². The van der Waals surface area contributed by atoms with E-state index in [2.05, 4.69) is 21.3 Å². The fourth-order valence-electron chi connectivity index (χ4n) is 2.66. The van der Waals surface area contributed by atoms with Crippen LogP contribution in [0.3, 0.4) is 0 Å². The first-order valence-electron chi connectivity index (χ1n) is 7.45. The molecule has 1 amide bonds. The zero-order valence-corrected chi connectivity index (χ0v) is 13.0. The standard InChI is InChI=1S/C17H18ClN3O/c18-16-7-6-14(11-19-16)17(22)20-15-5-3-4-13(10-15)12-21-8-1-2-9-21/h3-7,10-11H,1-2,8-9,12H2,(H,20,22). The predicted molar refractivity (Wildman–Crippen MR) is 88.2 cm³/mol. The Morgan fingerprint density at radius 2 is 2.05 bits per heavy atom. The lowest BCUT2D eigenvalue weighted by atomic mass is 10.2. The molecule has 3 rings (SSSR count). The fourth-order valence-corrected chi connectivity index (χ4v) is 2.77. The first-order valence-corrected chi connectivity index (χ1v) is 7.83. The number of carbonyl (C=O) groups excluding carboxylic acids is 1. The van der Waals surface area contributed by atoms with E-state index in [0.717, 1.165) is 25.3 Å². The molecule has 22 heavy (non-hydrogen) atoms. The van der Waals surface area contributed by atoms with Crippen molar-refractivity contribution < 1.29 is 4.79 Å². The molecule has 1 aromatic heterocycles. The summed E-state index contributed by atoms with van der Waals surface area (Å²) in [5.74, 6) is -0.178.